The summed E-state index contributed by atoms with van der Waals surface area (Å²) in [6.07, 6.45) is -5.88. The Morgan fingerprint density at radius 3 is 2.14 bits per heavy atom. The summed E-state index contributed by atoms with van der Waals surface area (Å²) in [5, 5.41) is 46.4. The molecule has 14 heavy (non-hydrogen) atoms. The fraction of sp³-hybridized carbons (Fsp3) is 1.00. The summed E-state index contributed by atoms with van der Waals surface area (Å²) in [5.41, 5.74) is -1.40. The van der Waals surface area contributed by atoms with Crippen molar-refractivity contribution in [2.45, 2.75) is 43.5 Å². The highest BCUT2D eigenvalue weighted by Gasteiger charge is 2.51. The van der Waals surface area contributed by atoms with Crippen LogP contribution in [0.3, 0.4) is 0 Å². The molecule has 0 aromatic carbocycles. The lowest BCUT2D eigenvalue weighted by molar-refractivity contribution is -0.327. The zero-order chi connectivity index (χ0) is 10.9. The maximum atomic E-state index is 9.57. The Morgan fingerprint density at radius 2 is 1.71 bits per heavy atom. The van der Waals surface area contributed by atoms with Crippen LogP contribution >= 0.6 is 0 Å². The molecule has 0 aromatic heterocycles. The third-order valence-corrected chi connectivity index (χ3v) is 2.73. The molecule has 84 valence electrons. The highest BCUT2D eigenvalue weighted by molar-refractivity contribution is 4.98. The molecule has 1 rings (SSSR count). The minimum Gasteiger partial charge on any atom is -0.393 e. The van der Waals surface area contributed by atoms with Gasteiger partial charge in [-0.1, -0.05) is 6.92 Å². The molecule has 1 saturated heterocycles. The molecule has 0 saturated carbocycles. The number of hydrogen-bond donors (Lipinski definition) is 5. The van der Waals surface area contributed by atoms with Gasteiger partial charge in [0, 0.05) is 0 Å². The highest BCUT2D eigenvalue weighted by Crippen LogP contribution is 2.31. The predicted octanol–water partition coefficient (Wildman–Crippen LogP) is -2.44. The van der Waals surface area contributed by atoms with Gasteiger partial charge in [0.1, 0.15) is 23.9 Å². The van der Waals surface area contributed by atoms with Crippen LogP contribution in [0.25, 0.3) is 0 Å². The minimum absolute atomic E-state index is 0.214. The van der Waals surface area contributed by atoms with Crippen molar-refractivity contribution < 1.29 is 30.3 Å². The van der Waals surface area contributed by atoms with Crippen molar-refractivity contribution in [3.8, 4) is 0 Å². The minimum atomic E-state index is -1.60. The number of aliphatic hydroxyl groups excluding tert-OH is 5. The van der Waals surface area contributed by atoms with Crippen LogP contribution in [0.15, 0.2) is 0 Å². The Hall–Kier alpha value is -0.240. The van der Waals surface area contributed by atoms with Crippen molar-refractivity contribution in [2.75, 3.05) is 6.61 Å². The molecule has 1 fully saturated rings. The van der Waals surface area contributed by atoms with Crippen molar-refractivity contribution in [3.63, 3.8) is 0 Å². The van der Waals surface area contributed by atoms with E-state index in [1.807, 2.05) is 0 Å². The number of hydrogen-bond acceptors (Lipinski definition) is 6. The first-order valence-electron chi connectivity index (χ1n) is 4.49. The summed E-state index contributed by atoms with van der Waals surface area (Å²) in [6, 6.07) is 0. The third-order valence-electron chi connectivity index (χ3n) is 2.73. The third kappa shape index (κ3) is 1.65. The Kier molecular flexibility index (Phi) is 3.46. The molecular weight excluding hydrogens is 192 g/mol. The van der Waals surface area contributed by atoms with Crippen LogP contribution in [0, 0.1) is 0 Å². The van der Waals surface area contributed by atoms with Gasteiger partial charge in [0.2, 0.25) is 0 Å². The van der Waals surface area contributed by atoms with Gasteiger partial charge in [-0.15, -0.1) is 0 Å². The van der Waals surface area contributed by atoms with Crippen molar-refractivity contribution in [1.29, 1.82) is 0 Å². The van der Waals surface area contributed by atoms with Gasteiger partial charge < -0.3 is 30.3 Å². The molecule has 5 N–H and O–H groups in total. The van der Waals surface area contributed by atoms with E-state index in [9.17, 15) is 20.4 Å². The Bertz CT molecular complexity index is 192. The van der Waals surface area contributed by atoms with E-state index >= 15 is 0 Å². The molecule has 0 bridgehead atoms. The second-order valence-electron chi connectivity index (χ2n) is 3.51. The molecule has 0 aromatic rings. The monoisotopic (exact) mass is 208 g/mol. The Labute approximate surface area is 81.4 Å². The van der Waals surface area contributed by atoms with E-state index in [1.165, 1.54) is 0 Å². The summed E-state index contributed by atoms with van der Waals surface area (Å²) >= 11 is 0. The van der Waals surface area contributed by atoms with E-state index < -0.39 is 36.8 Å². The summed E-state index contributed by atoms with van der Waals surface area (Å²) in [5.74, 6) is 0. The molecule has 0 amide bonds. The summed E-state index contributed by atoms with van der Waals surface area (Å²) in [6.45, 7) is 1.10. The molecule has 1 aliphatic rings. The second-order valence-corrected chi connectivity index (χ2v) is 3.51. The van der Waals surface area contributed by atoms with Crippen LogP contribution in [0.1, 0.15) is 13.3 Å². The smallest absolute Gasteiger partial charge is 0.184 e. The normalized spacial score (nSPS) is 49.3. The van der Waals surface area contributed by atoms with E-state index in [0.29, 0.717) is 0 Å². The van der Waals surface area contributed by atoms with Crippen LogP contribution in [0.5, 0.6) is 0 Å². The average molecular weight is 208 g/mol. The lowest BCUT2D eigenvalue weighted by Crippen LogP contribution is -2.65. The summed E-state index contributed by atoms with van der Waals surface area (Å²) < 4.78 is 4.91. The maximum Gasteiger partial charge on any atom is 0.184 e. The molecule has 0 radical (unpaired) electrons. The number of aliphatic hydroxyl groups is 5. The van der Waals surface area contributed by atoms with Gasteiger partial charge in [0.15, 0.2) is 6.29 Å². The van der Waals surface area contributed by atoms with Crippen molar-refractivity contribution in [1.82, 2.24) is 0 Å². The van der Waals surface area contributed by atoms with E-state index in [4.69, 9.17) is 9.84 Å². The van der Waals surface area contributed by atoms with E-state index in [1.54, 1.807) is 6.92 Å². The van der Waals surface area contributed by atoms with E-state index in [0.717, 1.165) is 0 Å². The van der Waals surface area contributed by atoms with Gasteiger partial charge in [-0.3, -0.25) is 0 Å². The number of ether oxygens (including phenoxy) is 1. The quantitative estimate of drug-likeness (QED) is 0.345. The molecule has 6 heteroatoms. The van der Waals surface area contributed by atoms with Crippen molar-refractivity contribution in [3.05, 3.63) is 0 Å². The zero-order valence-corrected chi connectivity index (χ0v) is 7.87. The Morgan fingerprint density at radius 1 is 1.14 bits per heavy atom. The first kappa shape index (κ1) is 11.8. The zero-order valence-electron chi connectivity index (χ0n) is 7.87. The van der Waals surface area contributed by atoms with Crippen LogP contribution in [-0.4, -0.2) is 62.3 Å². The summed E-state index contributed by atoms with van der Waals surface area (Å²) in [7, 11) is 0. The molecule has 6 nitrogen and oxygen atoms in total. The fourth-order valence-corrected chi connectivity index (χ4v) is 1.58. The largest absolute Gasteiger partial charge is 0.393 e. The first-order valence-corrected chi connectivity index (χ1v) is 4.49. The molecule has 5 atom stereocenters. The van der Waals surface area contributed by atoms with E-state index in [2.05, 4.69) is 0 Å². The van der Waals surface area contributed by atoms with Gasteiger partial charge in [0.25, 0.3) is 0 Å². The van der Waals surface area contributed by atoms with Gasteiger partial charge in [-0.25, -0.2) is 0 Å². The SMILES string of the molecule is CC[C@]1(CO)O[C@H](O)[C@@H](O)[C@@H](O)[C@@H]1O. The van der Waals surface area contributed by atoms with Crippen LogP contribution in [-0.2, 0) is 4.74 Å². The predicted molar refractivity (Wildman–Crippen MR) is 45.2 cm³/mol. The van der Waals surface area contributed by atoms with E-state index in [-0.39, 0.29) is 6.42 Å². The molecule has 0 unspecified atom stereocenters. The number of rotatable bonds is 2. The lowest BCUT2D eigenvalue weighted by atomic mass is 9.85. The van der Waals surface area contributed by atoms with Gasteiger partial charge in [-0.05, 0) is 6.42 Å². The van der Waals surface area contributed by atoms with Gasteiger partial charge in [-0.2, -0.15) is 0 Å². The first-order chi connectivity index (χ1) is 6.48. The van der Waals surface area contributed by atoms with Crippen molar-refractivity contribution >= 4 is 0 Å². The van der Waals surface area contributed by atoms with Crippen LogP contribution < -0.4 is 0 Å². The average Bonchev–Trinajstić information content (AvgIpc) is 2.21. The molecule has 1 heterocycles. The summed E-state index contributed by atoms with van der Waals surface area (Å²) in [4.78, 5) is 0. The molecule has 0 aliphatic carbocycles. The lowest BCUT2D eigenvalue weighted by Gasteiger charge is -2.46. The maximum absolute atomic E-state index is 9.57. The topological polar surface area (TPSA) is 110 Å². The van der Waals surface area contributed by atoms with Crippen LogP contribution in [0.4, 0.5) is 0 Å². The van der Waals surface area contributed by atoms with Gasteiger partial charge >= 0.3 is 0 Å². The molecule has 0 spiro atoms. The van der Waals surface area contributed by atoms with Crippen LogP contribution in [0.2, 0.25) is 0 Å². The van der Waals surface area contributed by atoms with Gasteiger partial charge in [0.05, 0.1) is 6.61 Å². The highest BCUT2D eigenvalue weighted by atomic mass is 16.6. The second kappa shape index (κ2) is 4.09. The standard InChI is InChI=1S/C8H16O6/c1-2-8(3-9)6(12)4(10)5(11)7(13)14-8/h4-7,9-13H,2-3H2,1H3/t4-,5+,6+,7+,8-/m1/s1. The fourth-order valence-electron chi connectivity index (χ4n) is 1.58. The molecule has 1 aliphatic heterocycles. The Balaban J connectivity index is 2.88. The van der Waals surface area contributed by atoms with Crippen molar-refractivity contribution in [2.24, 2.45) is 0 Å². The molecular formula is C8H16O6.